The Morgan fingerprint density at radius 2 is 0.960 bits per heavy atom. The van der Waals surface area contributed by atoms with E-state index < -0.39 is 57.5 Å². The molecule has 2 unspecified atom stereocenters. The quantitative estimate of drug-likeness (QED) is 0.159. The maximum Gasteiger partial charge on any atom is 1.00 e. The number of hydrogen-bond acceptors (Lipinski definition) is 7. The number of sulfonamides is 2. The number of aryl methyl sites for hydroxylation is 1. The summed E-state index contributed by atoms with van der Waals surface area (Å²) in [7, 11) is -20.9. The summed E-state index contributed by atoms with van der Waals surface area (Å²) in [6.45, 7) is 8.45. The van der Waals surface area contributed by atoms with Gasteiger partial charge in [0.05, 0.1) is 9.79 Å². The first kappa shape index (κ1) is 52.3. The van der Waals surface area contributed by atoms with Crippen LogP contribution in [0.4, 0.5) is 25.8 Å². The zero-order valence-electron chi connectivity index (χ0n) is 27.0. The van der Waals surface area contributed by atoms with E-state index in [2.05, 4.69) is 58.9 Å². The first-order chi connectivity index (χ1) is 21.5. The van der Waals surface area contributed by atoms with Crippen LogP contribution in [0.1, 0.15) is 22.3 Å². The molecule has 50 heavy (non-hydrogen) atoms. The average molecular weight is 770 g/mol. The van der Waals surface area contributed by atoms with Crippen molar-refractivity contribution in [2.45, 2.75) is 28.8 Å². The van der Waals surface area contributed by atoms with Gasteiger partial charge < -0.3 is 0 Å². The fourth-order valence-electron chi connectivity index (χ4n) is 2.80. The standard InChI is InChI=1S/C10H8F5NO4S2.C9H10.C8H8FNO4S2.3Li/c1-2-7-3-5-8(6-4-7)21(17,18)16-22(19,10(13,14)15)20-9(11)12;1-3-9-6-4-8(2)5-7-9;1-2-7-3-5-8(6-4-7)15(11,12)10-16(9,13)14;;;/h2-6,9H,1H2;3-7H,1H2,2H3;2-6H,1H2,(H,10,13,14);;;/q;;;3*+1. The molecular weight excluding hydrogens is 743 g/mol. The Hall–Kier alpha value is -2.03. The van der Waals surface area contributed by atoms with Crippen LogP contribution >= 0.6 is 0 Å². The van der Waals surface area contributed by atoms with E-state index in [1.165, 1.54) is 47.5 Å². The van der Waals surface area contributed by atoms with Crippen LogP contribution < -0.4 is 56.6 Å². The Morgan fingerprint density at radius 3 is 1.22 bits per heavy atom. The molecular formula is C27H26F6Li3N2O8S4+3. The van der Waals surface area contributed by atoms with E-state index in [1.807, 2.05) is 9.84 Å². The van der Waals surface area contributed by atoms with Gasteiger partial charge in [-0.1, -0.05) is 103 Å². The molecule has 0 saturated heterocycles. The monoisotopic (exact) mass is 769 g/mol. The summed E-state index contributed by atoms with van der Waals surface area (Å²) in [4.78, 5) is -1.13. The van der Waals surface area contributed by atoms with E-state index in [-0.39, 0.29) is 61.5 Å². The SMILES string of the molecule is C=Cc1ccc(C)cc1.C=Cc1ccc(S(=O)(=O)N=S(=O)(O)F)cc1.C=Cc1ccc(S(=O)(=O)N=S(=O)(OC(F)F)C(F)(F)F)cc1.[Li+].[Li+].[Li+]. The molecule has 3 aromatic rings. The summed E-state index contributed by atoms with van der Waals surface area (Å²) in [6, 6.07) is 17.4. The third-order valence-corrected chi connectivity index (χ3v) is 10.8. The molecule has 3 rings (SSSR count). The van der Waals surface area contributed by atoms with Gasteiger partial charge in [-0.3, -0.25) is 4.55 Å². The Kier molecular flexibility index (Phi) is 23.2. The van der Waals surface area contributed by atoms with Crippen molar-refractivity contribution in [1.82, 2.24) is 0 Å². The van der Waals surface area contributed by atoms with Gasteiger partial charge in [-0.25, -0.2) is 8.39 Å². The fourth-order valence-corrected chi connectivity index (χ4v) is 7.24. The van der Waals surface area contributed by atoms with Crippen molar-refractivity contribution >= 4 is 58.7 Å². The van der Waals surface area contributed by atoms with Crippen molar-refractivity contribution in [3.8, 4) is 0 Å². The Labute approximate surface area is 323 Å². The van der Waals surface area contributed by atoms with Crippen LogP contribution in [0.2, 0.25) is 0 Å². The van der Waals surface area contributed by atoms with Gasteiger partial charge in [0.25, 0.3) is 30.1 Å². The largest absolute Gasteiger partial charge is 1.00 e. The van der Waals surface area contributed by atoms with Gasteiger partial charge in [0.15, 0.2) is 0 Å². The fraction of sp³-hybridized carbons (Fsp3) is 0.111. The molecule has 0 aliphatic carbocycles. The first-order valence-electron chi connectivity index (χ1n) is 12.1. The number of nitrogens with zero attached hydrogens (tertiary/aromatic N) is 2. The van der Waals surface area contributed by atoms with Crippen LogP contribution in [-0.2, 0) is 44.6 Å². The van der Waals surface area contributed by atoms with Crippen molar-refractivity contribution in [3.05, 3.63) is 115 Å². The van der Waals surface area contributed by atoms with Crippen LogP contribution in [-0.4, -0.2) is 41.9 Å². The molecule has 10 nitrogen and oxygen atoms in total. The second kappa shape index (κ2) is 22.1. The smallest absolute Gasteiger partial charge is 0.275 e. The first-order valence-corrected chi connectivity index (χ1v) is 17.8. The second-order valence-electron chi connectivity index (χ2n) is 8.47. The molecule has 2 atom stereocenters. The Morgan fingerprint density at radius 1 is 0.660 bits per heavy atom. The molecule has 0 bridgehead atoms. The number of halogens is 6. The Balaban J connectivity index is -0.000000694. The summed E-state index contributed by atoms with van der Waals surface area (Å²) in [5.74, 6) is 0. The van der Waals surface area contributed by atoms with Crippen molar-refractivity contribution in [2.75, 3.05) is 0 Å². The number of alkyl halides is 5. The Bertz CT molecular complexity index is 2020. The summed E-state index contributed by atoms with van der Waals surface area (Å²) >= 11 is 0. The number of hydrogen-bond donors (Lipinski definition) is 1. The third kappa shape index (κ3) is 17.9. The molecule has 0 fully saturated rings. The van der Waals surface area contributed by atoms with E-state index in [0.717, 1.165) is 24.3 Å². The maximum absolute atomic E-state index is 12.5. The summed E-state index contributed by atoms with van der Waals surface area (Å²) in [5, 5.41) is 0. The summed E-state index contributed by atoms with van der Waals surface area (Å²) in [5.41, 5.74) is -2.35. The topological polar surface area (TPSA) is 157 Å². The van der Waals surface area contributed by atoms with Gasteiger partial charge in [-0.15, -0.1) is 0 Å². The van der Waals surface area contributed by atoms with Crippen molar-refractivity contribution in [1.29, 1.82) is 0 Å². The van der Waals surface area contributed by atoms with Gasteiger partial charge in [-0.2, -0.15) is 43.0 Å². The van der Waals surface area contributed by atoms with Crippen LogP contribution in [0.5, 0.6) is 0 Å². The minimum atomic E-state index is -6.16. The van der Waals surface area contributed by atoms with E-state index in [4.69, 9.17) is 4.55 Å². The molecule has 0 radical (unpaired) electrons. The molecule has 1 N–H and O–H groups in total. The molecule has 23 heteroatoms. The molecule has 258 valence electrons. The molecule has 0 saturated carbocycles. The molecule has 3 aromatic carbocycles. The normalized spacial score (nSPS) is 13.2. The molecule has 0 amide bonds. The predicted molar refractivity (Wildman–Crippen MR) is 167 cm³/mol. The number of rotatable bonds is 9. The molecule has 0 spiro atoms. The van der Waals surface area contributed by atoms with Crippen LogP contribution in [0, 0.1) is 6.92 Å². The van der Waals surface area contributed by atoms with E-state index in [9.17, 15) is 51.1 Å². The molecule has 0 aliphatic rings. The van der Waals surface area contributed by atoms with Crippen molar-refractivity contribution in [2.24, 2.45) is 7.54 Å². The predicted octanol–water partition coefficient (Wildman–Crippen LogP) is -1.35. The molecule has 0 aliphatic heterocycles. The van der Waals surface area contributed by atoms with Crippen molar-refractivity contribution in [3.63, 3.8) is 0 Å². The van der Waals surface area contributed by atoms with E-state index in [1.54, 1.807) is 0 Å². The minimum absolute atomic E-state index is 0. The maximum atomic E-state index is 12.5. The molecule has 0 heterocycles. The van der Waals surface area contributed by atoms with Gasteiger partial charge in [0.1, 0.15) is 0 Å². The summed E-state index contributed by atoms with van der Waals surface area (Å²) < 4.78 is 157. The van der Waals surface area contributed by atoms with E-state index >= 15 is 0 Å². The number of benzene rings is 3. The van der Waals surface area contributed by atoms with Crippen LogP contribution in [0.25, 0.3) is 18.2 Å². The summed E-state index contributed by atoms with van der Waals surface area (Å²) in [6.07, 6.45) is 4.66. The third-order valence-electron chi connectivity index (χ3n) is 5.02. The van der Waals surface area contributed by atoms with Gasteiger partial charge in [-0.05, 0) is 47.9 Å². The van der Waals surface area contributed by atoms with E-state index in [0.29, 0.717) is 11.1 Å². The molecule has 0 aromatic heterocycles. The van der Waals surface area contributed by atoms with Crippen LogP contribution in [0.15, 0.2) is 110 Å². The van der Waals surface area contributed by atoms with Gasteiger partial charge >= 0.3 is 79.1 Å². The zero-order chi connectivity index (χ0) is 36.3. The zero-order valence-corrected chi connectivity index (χ0v) is 30.2. The average Bonchev–Trinajstić information content (AvgIpc) is 2.96. The minimum Gasteiger partial charge on any atom is -0.275 e. The van der Waals surface area contributed by atoms with Crippen molar-refractivity contribution < 1.29 is 116 Å². The van der Waals surface area contributed by atoms with Gasteiger partial charge in [0.2, 0.25) is 0 Å². The second-order valence-corrected chi connectivity index (χ2v) is 15.0. The van der Waals surface area contributed by atoms with Crippen LogP contribution in [0.3, 0.4) is 0 Å². The van der Waals surface area contributed by atoms with Gasteiger partial charge in [0, 0.05) is 0 Å².